The standard InChI is InChI=1S/C15H13IN2O3/c16-9-3-1-2-8-12(9)14(21)18(15(8)6-7-15)10-4-5-11(19)17-13(10)20/h1-3,10H,4-7H2,(H,17,19,20). The first-order valence-electron chi connectivity index (χ1n) is 7.01. The lowest BCUT2D eigenvalue weighted by Crippen LogP contribution is -2.55. The van der Waals surface area contributed by atoms with Gasteiger partial charge < -0.3 is 4.90 Å². The van der Waals surface area contributed by atoms with Crippen LogP contribution >= 0.6 is 22.6 Å². The molecule has 1 N–H and O–H groups in total. The van der Waals surface area contributed by atoms with Gasteiger partial charge in [-0.05, 0) is 53.5 Å². The Hall–Kier alpha value is -1.44. The molecule has 3 aliphatic rings. The van der Waals surface area contributed by atoms with Gasteiger partial charge in [-0.15, -0.1) is 0 Å². The van der Waals surface area contributed by atoms with E-state index in [1.807, 2.05) is 18.2 Å². The Morgan fingerprint density at radius 2 is 2.00 bits per heavy atom. The molecule has 108 valence electrons. The summed E-state index contributed by atoms with van der Waals surface area (Å²) in [7, 11) is 0. The van der Waals surface area contributed by atoms with Crippen molar-refractivity contribution in [1.29, 1.82) is 0 Å². The van der Waals surface area contributed by atoms with Crippen LogP contribution in [-0.4, -0.2) is 28.7 Å². The van der Waals surface area contributed by atoms with Gasteiger partial charge in [0.15, 0.2) is 0 Å². The number of halogens is 1. The third-order valence-electron chi connectivity index (χ3n) is 4.65. The number of rotatable bonds is 1. The van der Waals surface area contributed by atoms with Crippen molar-refractivity contribution in [3.05, 3.63) is 32.9 Å². The fourth-order valence-electron chi connectivity index (χ4n) is 3.57. The van der Waals surface area contributed by atoms with Crippen LogP contribution in [0, 0.1) is 3.57 Å². The molecule has 1 saturated heterocycles. The van der Waals surface area contributed by atoms with E-state index in [9.17, 15) is 14.4 Å². The Balaban J connectivity index is 1.79. The zero-order valence-corrected chi connectivity index (χ0v) is 13.3. The average molecular weight is 396 g/mol. The number of nitrogens with one attached hydrogen (secondary N) is 1. The highest BCUT2D eigenvalue weighted by Gasteiger charge is 2.61. The topological polar surface area (TPSA) is 66.5 Å². The van der Waals surface area contributed by atoms with Crippen molar-refractivity contribution in [2.75, 3.05) is 0 Å². The maximum Gasteiger partial charge on any atom is 0.256 e. The summed E-state index contributed by atoms with van der Waals surface area (Å²) in [5, 5.41) is 2.36. The molecule has 2 fully saturated rings. The molecule has 2 heterocycles. The van der Waals surface area contributed by atoms with Gasteiger partial charge in [0.1, 0.15) is 6.04 Å². The van der Waals surface area contributed by atoms with E-state index < -0.39 is 6.04 Å². The molecular weight excluding hydrogens is 383 g/mol. The Morgan fingerprint density at radius 1 is 1.24 bits per heavy atom. The van der Waals surface area contributed by atoms with E-state index in [1.54, 1.807) is 4.90 Å². The summed E-state index contributed by atoms with van der Waals surface area (Å²) < 4.78 is 0.927. The SMILES string of the molecule is O=C1CCC(N2C(=O)c3c(I)cccc3C23CC3)C(=O)N1. The zero-order valence-electron chi connectivity index (χ0n) is 11.2. The van der Waals surface area contributed by atoms with Crippen LogP contribution in [0.4, 0.5) is 0 Å². The van der Waals surface area contributed by atoms with Crippen LogP contribution in [0.3, 0.4) is 0 Å². The molecule has 1 aliphatic carbocycles. The van der Waals surface area contributed by atoms with E-state index >= 15 is 0 Å². The molecule has 1 aromatic carbocycles. The van der Waals surface area contributed by atoms with Crippen molar-refractivity contribution in [2.24, 2.45) is 0 Å². The van der Waals surface area contributed by atoms with E-state index in [1.165, 1.54) is 0 Å². The molecule has 21 heavy (non-hydrogen) atoms. The summed E-state index contributed by atoms with van der Waals surface area (Å²) in [6.45, 7) is 0. The Labute approximate surface area is 135 Å². The molecule has 1 atom stereocenters. The first-order chi connectivity index (χ1) is 10.0. The number of hydrogen-bond donors (Lipinski definition) is 1. The van der Waals surface area contributed by atoms with Crippen LogP contribution in [0.15, 0.2) is 18.2 Å². The maximum atomic E-state index is 12.9. The lowest BCUT2D eigenvalue weighted by atomic mass is 10.00. The number of hydrogen-bond acceptors (Lipinski definition) is 3. The van der Waals surface area contributed by atoms with Crippen LogP contribution < -0.4 is 5.32 Å². The summed E-state index contributed by atoms with van der Waals surface area (Å²) in [4.78, 5) is 38.1. The molecule has 1 spiro atoms. The van der Waals surface area contributed by atoms with Crippen LogP contribution in [0.5, 0.6) is 0 Å². The van der Waals surface area contributed by atoms with Gasteiger partial charge in [0.2, 0.25) is 11.8 Å². The monoisotopic (exact) mass is 396 g/mol. The van der Waals surface area contributed by atoms with Crippen molar-refractivity contribution in [3.63, 3.8) is 0 Å². The van der Waals surface area contributed by atoms with Gasteiger partial charge in [-0.2, -0.15) is 0 Å². The fourth-order valence-corrected chi connectivity index (χ4v) is 4.30. The van der Waals surface area contributed by atoms with Crippen molar-refractivity contribution >= 4 is 40.3 Å². The van der Waals surface area contributed by atoms with E-state index in [4.69, 9.17) is 0 Å². The second kappa shape index (κ2) is 4.28. The normalized spacial score (nSPS) is 26.0. The van der Waals surface area contributed by atoms with Crippen molar-refractivity contribution < 1.29 is 14.4 Å². The minimum Gasteiger partial charge on any atom is -0.317 e. The lowest BCUT2D eigenvalue weighted by Gasteiger charge is -2.34. The molecule has 4 rings (SSSR count). The van der Waals surface area contributed by atoms with Gasteiger partial charge in [-0.3, -0.25) is 19.7 Å². The Bertz CT molecular complexity index is 696. The maximum absolute atomic E-state index is 12.9. The summed E-state index contributed by atoms with van der Waals surface area (Å²) in [5.74, 6) is -0.657. The molecule has 6 heteroatoms. The molecule has 1 unspecified atom stereocenters. The fraction of sp³-hybridized carbons (Fsp3) is 0.400. The number of benzene rings is 1. The number of amides is 3. The third-order valence-corrected chi connectivity index (χ3v) is 5.55. The zero-order chi connectivity index (χ0) is 14.8. The minimum atomic E-state index is -0.527. The van der Waals surface area contributed by atoms with E-state index in [2.05, 4.69) is 27.9 Å². The highest BCUT2D eigenvalue weighted by Crippen LogP contribution is 2.58. The van der Waals surface area contributed by atoms with Crippen molar-refractivity contribution in [2.45, 2.75) is 37.3 Å². The van der Waals surface area contributed by atoms with Gasteiger partial charge in [0, 0.05) is 9.99 Å². The average Bonchev–Trinajstić information content (AvgIpc) is 3.18. The summed E-state index contributed by atoms with van der Waals surface area (Å²) in [6, 6.07) is 5.35. The van der Waals surface area contributed by atoms with E-state index in [-0.39, 0.29) is 23.3 Å². The van der Waals surface area contributed by atoms with Crippen LogP contribution in [0.1, 0.15) is 41.6 Å². The summed E-state index contributed by atoms with van der Waals surface area (Å²) in [6.07, 6.45) is 2.50. The largest absolute Gasteiger partial charge is 0.317 e. The number of fused-ring (bicyclic) bond motifs is 2. The lowest BCUT2D eigenvalue weighted by molar-refractivity contribution is -0.137. The predicted octanol–water partition coefficient (Wildman–Crippen LogP) is 1.54. The smallest absolute Gasteiger partial charge is 0.256 e. The minimum absolute atomic E-state index is 0.0676. The van der Waals surface area contributed by atoms with Crippen molar-refractivity contribution in [3.8, 4) is 0 Å². The second-order valence-corrected chi connectivity index (χ2v) is 7.00. The number of carbonyl (C=O) groups is 3. The van der Waals surface area contributed by atoms with Crippen LogP contribution in [0.25, 0.3) is 0 Å². The predicted molar refractivity (Wildman–Crippen MR) is 82.4 cm³/mol. The number of piperidine rings is 1. The molecule has 5 nitrogen and oxygen atoms in total. The molecule has 0 aromatic heterocycles. The molecule has 0 radical (unpaired) electrons. The van der Waals surface area contributed by atoms with Crippen LogP contribution in [0.2, 0.25) is 0 Å². The number of imide groups is 1. The first kappa shape index (κ1) is 13.2. The Morgan fingerprint density at radius 3 is 2.67 bits per heavy atom. The van der Waals surface area contributed by atoms with Gasteiger partial charge in [-0.1, -0.05) is 12.1 Å². The first-order valence-corrected chi connectivity index (χ1v) is 8.09. The molecule has 3 amide bonds. The van der Waals surface area contributed by atoms with Gasteiger partial charge in [0.25, 0.3) is 5.91 Å². The second-order valence-electron chi connectivity index (χ2n) is 5.84. The molecule has 0 bridgehead atoms. The van der Waals surface area contributed by atoms with Crippen LogP contribution in [-0.2, 0) is 15.1 Å². The summed E-state index contributed by atoms with van der Waals surface area (Å²) >= 11 is 2.17. The molecule has 1 aromatic rings. The molecule has 2 aliphatic heterocycles. The van der Waals surface area contributed by atoms with E-state index in [0.29, 0.717) is 12.8 Å². The third kappa shape index (κ3) is 1.71. The van der Waals surface area contributed by atoms with E-state index in [0.717, 1.165) is 27.5 Å². The molecular formula is C15H13IN2O3. The molecule has 1 saturated carbocycles. The number of nitrogens with zero attached hydrogens (tertiary/aromatic N) is 1. The van der Waals surface area contributed by atoms with Gasteiger partial charge >= 0.3 is 0 Å². The summed E-state index contributed by atoms with van der Waals surface area (Å²) in [5.41, 5.74) is 1.47. The Kier molecular flexibility index (Phi) is 2.70. The van der Waals surface area contributed by atoms with Gasteiger partial charge in [0.05, 0.1) is 11.1 Å². The van der Waals surface area contributed by atoms with Gasteiger partial charge in [-0.25, -0.2) is 0 Å². The quantitative estimate of drug-likeness (QED) is 0.579. The highest BCUT2D eigenvalue weighted by molar-refractivity contribution is 14.1. The highest BCUT2D eigenvalue weighted by atomic mass is 127. The number of carbonyl (C=O) groups excluding carboxylic acids is 3. The van der Waals surface area contributed by atoms with Crippen molar-refractivity contribution in [1.82, 2.24) is 10.2 Å².